The van der Waals surface area contributed by atoms with Gasteiger partial charge in [0.2, 0.25) is 0 Å². The number of halogens is 2. The van der Waals surface area contributed by atoms with E-state index in [4.69, 9.17) is 23.2 Å². The van der Waals surface area contributed by atoms with Crippen LogP contribution in [0.5, 0.6) is 0 Å². The summed E-state index contributed by atoms with van der Waals surface area (Å²) in [5, 5.41) is -0.111. The van der Waals surface area contributed by atoms with Crippen molar-refractivity contribution in [3.63, 3.8) is 0 Å². The second-order valence-electron chi connectivity index (χ2n) is 2.26. The van der Waals surface area contributed by atoms with Crippen molar-refractivity contribution in [3.8, 4) is 0 Å². The Morgan fingerprint density at radius 3 is 2.55 bits per heavy atom. The fourth-order valence-corrected chi connectivity index (χ4v) is 1.31. The van der Waals surface area contributed by atoms with Crippen molar-refractivity contribution in [2.24, 2.45) is 0 Å². The van der Waals surface area contributed by atoms with Gasteiger partial charge in [0.15, 0.2) is 0 Å². The van der Waals surface area contributed by atoms with Gasteiger partial charge in [-0.3, -0.25) is 4.79 Å². The normalized spacial score (nSPS) is 9.73. The van der Waals surface area contributed by atoms with Gasteiger partial charge in [-0.1, -0.05) is 17.7 Å². The van der Waals surface area contributed by atoms with Crippen LogP contribution in [0.3, 0.4) is 0 Å². The van der Waals surface area contributed by atoms with E-state index >= 15 is 0 Å². The Balaban J connectivity index is 3.20. The summed E-state index contributed by atoms with van der Waals surface area (Å²) in [5.74, 6) is 0. The Bertz CT molecular complexity index is 294. The molecule has 0 bridgehead atoms. The molecule has 0 aliphatic rings. The molecule has 0 saturated heterocycles. The Morgan fingerprint density at radius 2 is 2.09 bits per heavy atom. The highest BCUT2D eigenvalue weighted by Crippen LogP contribution is 2.18. The Hall–Kier alpha value is -0.530. The number of aryl methyl sites for hydroxylation is 1. The third-order valence-corrected chi connectivity index (χ3v) is 1.85. The van der Waals surface area contributed by atoms with Gasteiger partial charge >= 0.3 is 0 Å². The molecule has 0 aliphatic heterocycles. The molecule has 3 heteroatoms. The fourth-order valence-electron chi connectivity index (χ4n) is 0.780. The van der Waals surface area contributed by atoms with Crippen LogP contribution in [0, 0.1) is 6.92 Å². The summed E-state index contributed by atoms with van der Waals surface area (Å²) < 4.78 is 0. The number of hydrogen-bond donors (Lipinski definition) is 0. The van der Waals surface area contributed by atoms with Gasteiger partial charge in [0, 0.05) is 0 Å². The molecule has 11 heavy (non-hydrogen) atoms. The van der Waals surface area contributed by atoms with E-state index < -0.39 is 5.24 Å². The highest BCUT2D eigenvalue weighted by atomic mass is 35.5. The highest BCUT2D eigenvalue weighted by molar-refractivity contribution is 6.68. The summed E-state index contributed by atoms with van der Waals surface area (Å²) in [6.45, 7) is 1.90. The van der Waals surface area contributed by atoms with E-state index in [9.17, 15) is 4.79 Å². The quantitative estimate of drug-likeness (QED) is 0.620. The molecule has 0 N–H and O–H groups in total. The van der Waals surface area contributed by atoms with Crippen molar-refractivity contribution in [2.45, 2.75) is 6.92 Å². The molecule has 0 amide bonds. The first kappa shape index (κ1) is 8.57. The molecular formula is C8H6Cl2O. The zero-order valence-electron chi connectivity index (χ0n) is 5.90. The van der Waals surface area contributed by atoms with Crippen LogP contribution in [0.2, 0.25) is 5.02 Å². The van der Waals surface area contributed by atoms with E-state index in [1.165, 1.54) is 0 Å². The van der Waals surface area contributed by atoms with Gasteiger partial charge in [-0.15, -0.1) is 0 Å². The van der Waals surface area contributed by atoms with Gasteiger partial charge in [0.05, 0.1) is 10.6 Å². The van der Waals surface area contributed by atoms with Crippen molar-refractivity contribution in [1.82, 2.24) is 0 Å². The summed E-state index contributed by atoms with van der Waals surface area (Å²) >= 11 is 11.0. The molecule has 58 valence electrons. The topological polar surface area (TPSA) is 17.1 Å². The molecular weight excluding hydrogens is 183 g/mol. The van der Waals surface area contributed by atoms with Gasteiger partial charge in [-0.05, 0) is 36.2 Å². The van der Waals surface area contributed by atoms with Crippen molar-refractivity contribution < 1.29 is 4.79 Å². The lowest BCUT2D eigenvalue weighted by molar-refractivity contribution is 0.108. The van der Waals surface area contributed by atoms with E-state index in [0.717, 1.165) is 5.56 Å². The van der Waals surface area contributed by atoms with Gasteiger partial charge in [0.1, 0.15) is 0 Å². The van der Waals surface area contributed by atoms with Crippen LogP contribution in [-0.2, 0) is 0 Å². The number of hydrogen-bond acceptors (Lipinski definition) is 1. The van der Waals surface area contributed by atoms with Gasteiger partial charge in [-0.25, -0.2) is 0 Å². The Labute approximate surface area is 74.9 Å². The summed E-state index contributed by atoms with van der Waals surface area (Å²) in [6.07, 6.45) is 0. The SMILES string of the molecule is Cc1ccc(C(=O)Cl)c(Cl)c1. The molecule has 1 rings (SSSR count). The first-order chi connectivity index (χ1) is 5.11. The minimum Gasteiger partial charge on any atom is -0.276 e. The van der Waals surface area contributed by atoms with Gasteiger partial charge in [0.25, 0.3) is 5.24 Å². The van der Waals surface area contributed by atoms with E-state index in [1.807, 2.05) is 6.92 Å². The van der Waals surface area contributed by atoms with Crippen LogP contribution in [-0.4, -0.2) is 5.24 Å². The van der Waals surface area contributed by atoms with Crippen LogP contribution in [0.15, 0.2) is 18.2 Å². The van der Waals surface area contributed by atoms with Crippen LogP contribution < -0.4 is 0 Å². The molecule has 0 saturated carbocycles. The minimum absolute atomic E-state index is 0.360. The van der Waals surface area contributed by atoms with Crippen LogP contribution in [0.1, 0.15) is 15.9 Å². The zero-order valence-corrected chi connectivity index (χ0v) is 7.41. The number of carbonyl (C=O) groups excluding carboxylic acids is 1. The standard InChI is InChI=1S/C8H6Cl2O/c1-5-2-3-6(8(10)11)7(9)4-5/h2-4H,1H3. The summed E-state index contributed by atoms with van der Waals surface area (Å²) in [4.78, 5) is 10.7. The van der Waals surface area contributed by atoms with Crippen molar-refractivity contribution >= 4 is 28.4 Å². The largest absolute Gasteiger partial charge is 0.276 e. The average molecular weight is 189 g/mol. The average Bonchev–Trinajstić information content (AvgIpc) is 1.85. The molecule has 0 heterocycles. The molecule has 0 atom stereocenters. The molecule has 0 aliphatic carbocycles. The lowest BCUT2D eigenvalue weighted by Crippen LogP contribution is -1.89. The second-order valence-corrected chi connectivity index (χ2v) is 3.01. The van der Waals surface area contributed by atoms with Crippen LogP contribution in [0.4, 0.5) is 0 Å². The summed E-state index contributed by atoms with van der Waals surface area (Å²) in [5.41, 5.74) is 1.37. The van der Waals surface area contributed by atoms with Crippen molar-refractivity contribution in [3.05, 3.63) is 34.3 Å². The third-order valence-electron chi connectivity index (χ3n) is 1.34. The monoisotopic (exact) mass is 188 g/mol. The summed E-state index contributed by atoms with van der Waals surface area (Å²) in [6, 6.07) is 5.12. The predicted octanol–water partition coefficient (Wildman–Crippen LogP) is 3.03. The van der Waals surface area contributed by atoms with Crippen molar-refractivity contribution in [2.75, 3.05) is 0 Å². The first-order valence-electron chi connectivity index (χ1n) is 3.07. The predicted molar refractivity (Wildman–Crippen MR) is 46.4 cm³/mol. The molecule has 1 nitrogen and oxygen atoms in total. The highest BCUT2D eigenvalue weighted by Gasteiger charge is 2.05. The fraction of sp³-hybridized carbons (Fsp3) is 0.125. The number of carbonyl (C=O) groups is 1. The van der Waals surface area contributed by atoms with E-state index in [0.29, 0.717) is 10.6 Å². The summed E-state index contributed by atoms with van der Waals surface area (Å²) in [7, 11) is 0. The van der Waals surface area contributed by atoms with Crippen molar-refractivity contribution in [1.29, 1.82) is 0 Å². The molecule has 1 aromatic rings. The molecule has 0 fully saturated rings. The van der Waals surface area contributed by atoms with Gasteiger partial charge in [-0.2, -0.15) is 0 Å². The van der Waals surface area contributed by atoms with Crippen LogP contribution in [0.25, 0.3) is 0 Å². The molecule has 0 aromatic heterocycles. The smallest absolute Gasteiger partial charge is 0.253 e. The maximum Gasteiger partial charge on any atom is 0.253 e. The number of rotatable bonds is 1. The second kappa shape index (κ2) is 3.24. The van der Waals surface area contributed by atoms with Gasteiger partial charge < -0.3 is 0 Å². The molecule has 0 unspecified atom stereocenters. The van der Waals surface area contributed by atoms with E-state index in [2.05, 4.69) is 0 Å². The first-order valence-corrected chi connectivity index (χ1v) is 3.83. The Morgan fingerprint density at radius 1 is 1.45 bits per heavy atom. The third kappa shape index (κ3) is 1.95. The molecule has 1 aromatic carbocycles. The van der Waals surface area contributed by atoms with E-state index in [1.54, 1.807) is 18.2 Å². The minimum atomic E-state index is -0.519. The maximum atomic E-state index is 10.7. The lowest BCUT2D eigenvalue weighted by Gasteiger charge is -1.98. The number of benzene rings is 1. The lowest BCUT2D eigenvalue weighted by atomic mass is 10.2. The van der Waals surface area contributed by atoms with E-state index in [-0.39, 0.29) is 0 Å². The maximum absolute atomic E-state index is 10.7. The van der Waals surface area contributed by atoms with Crippen LogP contribution >= 0.6 is 23.2 Å². The molecule has 0 spiro atoms. The zero-order chi connectivity index (χ0) is 8.43. The molecule has 0 radical (unpaired) electrons. The Kier molecular flexibility index (Phi) is 2.53.